The van der Waals surface area contributed by atoms with Crippen molar-refractivity contribution in [2.24, 2.45) is 34.3 Å². The monoisotopic (exact) mass is 573 g/mol. The summed E-state index contributed by atoms with van der Waals surface area (Å²) in [4.78, 5) is 66.3. The van der Waals surface area contributed by atoms with Gasteiger partial charge < -0.3 is 31.3 Å². The number of ether oxygens (including phenoxy) is 1. The number of fused-ring (bicyclic) bond motifs is 1. The van der Waals surface area contributed by atoms with E-state index >= 15 is 0 Å². The van der Waals surface area contributed by atoms with Gasteiger partial charge in [0.1, 0.15) is 29.7 Å². The summed E-state index contributed by atoms with van der Waals surface area (Å²) >= 11 is 0. The zero-order valence-corrected chi connectivity index (χ0v) is 24.2. The number of benzene rings is 1. The van der Waals surface area contributed by atoms with Gasteiger partial charge in [0, 0.05) is 19.0 Å². The van der Waals surface area contributed by atoms with Gasteiger partial charge in [0.15, 0.2) is 6.61 Å². The van der Waals surface area contributed by atoms with Crippen LogP contribution in [0.4, 0.5) is 4.39 Å². The van der Waals surface area contributed by atoms with E-state index in [0.717, 1.165) is 0 Å². The van der Waals surface area contributed by atoms with Crippen molar-refractivity contribution in [1.82, 2.24) is 20.9 Å². The lowest BCUT2D eigenvalue weighted by atomic mass is 9.85. The maximum absolute atomic E-state index is 14.0. The van der Waals surface area contributed by atoms with Gasteiger partial charge in [-0.05, 0) is 59.8 Å². The van der Waals surface area contributed by atoms with E-state index in [1.807, 2.05) is 34.6 Å². The van der Waals surface area contributed by atoms with Gasteiger partial charge in [-0.1, -0.05) is 34.6 Å². The molecule has 5 amide bonds. The largest absolute Gasteiger partial charge is 0.484 e. The first-order valence-corrected chi connectivity index (χ1v) is 14.0. The smallest absolute Gasteiger partial charge is 0.258 e. The molecule has 2 saturated heterocycles. The minimum Gasteiger partial charge on any atom is -0.484 e. The normalized spacial score (nSPS) is 25.9. The Balaban J connectivity index is 1.48. The number of amides is 5. The first-order chi connectivity index (χ1) is 19.1. The molecule has 1 aromatic rings. The Hall–Kier alpha value is -3.70. The average Bonchev–Trinajstić information content (AvgIpc) is 3.24. The Kier molecular flexibility index (Phi) is 8.33. The highest BCUT2D eigenvalue weighted by atomic mass is 19.1. The van der Waals surface area contributed by atoms with Crippen LogP contribution in [0, 0.1) is 34.4 Å². The predicted octanol–water partition coefficient (Wildman–Crippen LogP) is 0.715. The molecule has 2 aliphatic heterocycles. The molecule has 0 bridgehead atoms. The zero-order valence-electron chi connectivity index (χ0n) is 24.2. The van der Waals surface area contributed by atoms with E-state index in [0.29, 0.717) is 25.3 Å². The van der Waals surface area contributed by atoms with Crippen molar-refractivity contribution in [1.29, 1.82) is 0 Å². The Labute approximate surface area is 239 Å². The molecule has 6 atom stereocenters. The fourth-order valence-corrected chi connectivity index (χ4v) is 6.17. The zero-order chi connectivity index (χ0) is 30.3. The SMILES string of the molecule is CC(C)(C)[C@H](NC(=O)COc1ccc(F)cc1)C(=O)N1C[C@H]2[C@@H](C1C(=O)N[C@@H](C[C@@H]1CCNC1=O)C(N)=O)C2(C)C. The molecular formula is C29H40FN5O6. The van der Waals surface area contributed by atoms with Gasteiger partial charge >= 0.3 is 0 Å². The van der Waals surface area contributed by atoms with Crippen LogP contribution in [-0.2, 0) is 24.0 Å². The van der Waals surface area contributed by atoms with Crippen LogP contribution < -0.4 is 26.4 Å². The summed E-state index contributed by atoms with van der Waals surface area (Å²) in [6, 6.07) is 2.33. The minimum absolute atomic E-state index is 0.0768. The summed E-state index contributed by atoms with van der Waals surface area (Å²) in [5.41, 5.74) is 4.70. The van der Waals surface area contributed by atoms with Crippen LogP contribution in [0.1, 0.15) is 47.5 Å². The quantitative estimate of drug-likeness (QED) is 0.323. The second kappa shape index (κ2) is 11.3. The maximum Gasteiger partial charge on any atom is 0.258 e. The number of hydrogen-bond acceptors (Lipinski definition) is 6. The maximum atomic E-state index is 14.0. The number of carbonyl (C=O) groups excluding carboxylic acids is 5. The molecule has 0 radical (unpaired) electrons. The Morgan fingerprint density at radius 3 is 2.39 bits per heavy atom. The average molecular weight is 574 g/mol. The van der Waals surface area contributed by atoms with Crippen molar-refractivity contribution in [3.05, 3.63) is 30.1 Å². The van der Waals surface area contributed by atoms with Crippen molar-refractivity contribution in [3.63, 3.8) is 0 Å². The number of primary amides is 1. The molecule has 224 valence electrons. The van der Waals surface area contributed by atoms with E-state index in [-0.39, 0.29) is 36.2 Å². The molecule has 41 heavy (non-hydrogen) atoms. The third-order valence-electron chi connectivity index (χ3n) is 8.71. The summed E-state index contributed by atoms with van der Waals surface area (Å²) in [7, 11) is 0. The van der Waals surface area contributed by atoms with E-state index in [9.17, 15) is 28.4 Å². The lowest BCUT2D eigenvalue weighted by Gasteiger charge is -2.38. The van der Waals surface area contributed by atoms with Crippen molar-refractivity contribution >= 4 is 29.5 Å². The summed E-state index contributed by atoms with van der Waals surface area (Å²) < 4.78 is 18.6. The molecule has 12 heteroatoms. The number of piperidine rings is 1. The summed E-state index contributed by atoms with van der Waals surface area (Å²) in [5.74, 6) is -3.01. The van der Waals surface area contributed by atoms with Gasteiger partial charge in [-0.3, -0.25) is 24.0 Å². The molecule has 11 nitrogen and oxygen atoms in total. The van der Waals surface area contributed by atoms with Gasteiger partial charge in [-0.15, -0.1) is 0 Å². The van der Waals surface area contributed by atoms with E-state index < -0.39 is 58.9 Å². The second-order valence-electron chi connectivity index (χ2n) is 13.0. The Morgan fingerprint density at radius 2 is 1.83 bits per heavy atom. The minimum atomic E-state index is -1.06. The van der Waals surface area contributed by atoms with E-state index in [2.05, 4.69) is 16.0 Å². The number of likely N-dealkylation sites (tertiary alicyclic amines) is 1. The molecule has 0 aromatic heterocycles. The van der Waals surface area contributed by atoms with Crippen molar-refractivity contribution in [2.75, 3.05) is 19.7 Å². The first-order valence-electron chi connectivity index (χ1n) is 14.0. The third kappa shape index (κ3) is 6.46. The van der Waals surface area contributed by atoms with Crippen LogP contribution in [0.3, 0.4) is 0 Å². The number of nitrogens with one attached hydrogen (secondary N) is 3. The Morgan fingerprint density at radius 1 is 1.17 bits per heavy atom. The van der Waals surface area contributed by atoms with E-state index in [1.165, 1.54) is 29.2 Å². The predicted molar refractivity (Wildman–Crippen MR) is 146 cm³/mol. The van der Waals surface area contributed by atoms with E-state index in [4.69, 9.17) is 10.5 Å². The van der Waals surface area contributed by atoms with Gasteiger partial charge in [-0.25, -0.2) is 4.39 Å². The molecule has 1 saturated carbocycles. The van der Waals surface area contributed by atoms with Gasteiger partial charge in [0.05, 0.1) is 0 Å². The molecule has 5 N–H and O–H groups in total. The number of rotatable bonds is 10. The third-order valence-corrected chi connectivity index (χ3v) is 8.71. The summed E-state index contributed by atoms with van der Waals surface area (Å²) in [6.07, 6.45) is 0.627. The fourth-order valence-electron chi connectivity index (χ4n) is 6.17. The number of nitrogens with two attached hydrogens (primary N) is 1. The number of hydrogen-bond donors (Lipinski definition) is 4. The lowest BCUT2D eigenvalue weighted by molar-refractivity contribution is -0.146. The highest BCUT2D eigenvalue weighted by Crippen LogP contribution is 2.65. The molecule has 1 aromatic carbocycles. The van der Waals surface area contributed by atoms with Crippen LogP contribution in [-0.4, -0.2) is 72.3 Å². The van der Waals surface area contributed by atoms with Gasteiger partial charge in [-0.2, -0.15) is 0 Å². The molecule has 2 heterocycles. The highest BCUT2D eigenvalue weighted by Gasteiger charge is 2.69. The van der Waals surface area contributed by atoms with Crippen LogP contribution in [0.2, 0.25) is 0 Å². The fraction of sp³-hybridized carbons (Fsp3) is 0.621. The van der Waals surface area contributed by atoms with Crippen LogP contribution in [0.15, 0.2) is 24.3 Å². The summed E-state index contributed by atoms with van der Waals surface area (Å²) in [5, 5.41) is 8.20. The highest BCUT2D eigenvalue weighted by molar-refractivity contribution is 5.96. The molecule has 1 unspecified atom stereocenters. The lowest BCUT2D eigenvalue weighted by Crippen LogP contribution is -2.61. The van der Waals surface area contributed by atoms with Crippen LogP contribution in [0.25, 0.3) is 0 Å². The number of carbonyl (C=O) groups is 5. The van der Waals surface area contributed by atoms with Crippen LogP contribution >= 0.6 is 0 Å². The molecule has 3 aliphatic rings. The van der Waals surface area contributed by atoms with E-state index in [1.54, 1.807) is 0 Å². The van der Waals surface area contributed by atoms with Crippen LogP contribution in [0.5, 0.6) is 5.75 Å². The first kappa shape index (κ1) is 30.3. The number of halogens is 1. The molecule has 4 rings (SSSR count). The molecule has 3 fully saturated rings. The second-order valence-corrected chi connectivity index (χ2v) is 13.0. The summed E-state index contributed by atoms with van der Waals surface area (Å²) in [6.45, 7) is 9.94. The number of nitrogens with zero attached hydrogens (tertiary/aromatic N) is 1. The molecule has 0 spiro atoms. The van der Waals surface area contributed by atoms with Gasteiger partial charge in [0.2, 0.25) is 23.6 Å². The topological polar surface area (TPSA) is 160 Å². The molecular weight excluding hydrogens is 533 g/mol. The van der Waals surface area contributed by atoms with Crippen molar-refractivity contribution in [3.8, 4) is 5.75 Å². The molecule has 1 aliphatic carbocycles. The van der Waals surface area contributed by atoms with Gasteiger partial charge in [0.25, 0.3) is 5.91 Å². The van der Waals surface area contributed by atoms with Crippen molar-refractivity contribution < 1.29 is 33.1 Å². The van der Waals surface area contributed by atoms with Crippen molar-refractivity contribution in [2.45, 2.75) is 65.6 Å². The Bertz CT molecular complexity index is 1210. The standard InChI is InChI=1S/C29H40FN5O6/c1-28(2,3)23(34-20(36)14-41-17-8-6-16(30)7-9-17)27(40)35-13-18-21(29(18,4)5)22(35)26(39)33-19(24(31)37)12-15-10-11-32-25(15)38/h6-9,15,18-19,21-23H,10-14H2,1-5H3,(H2,31,37)(H,32,38)(H,33,39)(H,34,36)/t15-,18-,19-,21-,22?,23+/m0/s1.